The molecule has 0 aliphatic heterocycles. The molecule has 7 heteroatoms. The number of methoxy groups -OCH3 is 1. The first-order valence-electron chi connectivity index (χ1n) is 7.33. The van der Waals surface area contributed by atoms with Crippen molar-refractivity contribution in [3.63, 3.8) is 0 Å². The van der Waals surface area contributed by atoms with Gasteiger partial charge < -0.3 is 19.5 Å². The Labute approximate surface area is 144 Å². The summed E-state index contributed by atoms with van der Waals surface area (Å²) in [7, 11) is 1.55. The molecule has 0 unspecified atom stereocenters. The maximum absolute atomic E-state index is 11.9. The van der Waals surface area contributed by atoms with Crippen molar-refractivity contribution in [3.05, 3.63) is 54.1 Å². The van der Waals surface area contributed by atoms with Crippen molar-refractivity contribution >= 4 is 17.6 Å². The van der Waals surface area contributed by atoms with Crippen LogP contribution in [0.2, 0.25) is 0 Å². The molecule has 0 fully saturated rings. The number of anilines is 1. The van der Waals surface area contributed by atoms with Crippen molar-refractivity contribution in [1.82, 2.24) is 0 Å². The fourth-order valence-corrected chi connectivity index (χ4v) is 1.92. The summed E-state index contributed by atoms with van der Waals surface area (Å²) in [5.41, 5.74) is 0.895. The molecule has 2 aromatic rings. The lowest BCUT2D eigenvalue weighted by Crippen LogP contribution is -2.20. The summed E-state index contributed by atoms with van der Waals surface area (Å²) in [4.78, 5) is 23.4. The molecule has 0 saturated heterocycles. The molecule has 0 saturated carbocycles. The number of amides is 1. The summed E-state index contributed by atoms with van der Waals surface area (Å²) >= 11 is 0. The number of nitriles is 1. The van der Waals surface area contributed by atoms with Gasteiger partial charge in [-0.25, -0.2) is 4.79 Å². The first-order valence-corrected chi connectivity index (χ1v) is 7.33. The topological polar surface area (TPSA) is 97.7 Å². The quantitative estimate of drug-likeness (QED) is 0.777. The van der Waals surface area contributed by atoms with E-state index in [9.17, 15) is 9.59 Å². The fourth-order valence-electron chi connectivity index (χ4n) is 1.92. The summed E-state index contributed by atoms with van der Waals surface area (Å²) in [6, 6.07) is 14.8. The van der Waals surface area contributed by atoms with Crippen LogP contribution < -0.4 is 14.8 Å². The van der Waals surface area contributed by atoms with Gasteiger partial charge >= 0.3 is 5.97 Å². The molecular formula is C18H16N2O5. The smallest absolute Gasteiger partial charge is 0.339 e. The van der Waals surface area contributed by atoms with Crippen LogP contribution in [0.5, 0.6) is 11.5 Å². The van der Waals surface area contributed by atoms with Gasteiger partial charge in [0, 0.05) is 11.8 Å². The average molecular weight is 340 g/mol. The maximum Gasteiger partial charge on any atom is 0.339 e. The van der Waals surface area contributed by atoms with Gasteiger partial charge in [-0.3, -0.25) is 4.79 Å². The molecule has 7 nitrogen and oxygen atoms in total. The van der Waals surface area contributed by atoms with Crippen LogP contribution >= 0.6 is 0 Å². The van der Waals surface area contributed by atoms with E-state index >= 15 is 0 Å². The SMILES string of the molecule is COc1cccc(NC(=O)COc2ccc(C(=O)OCC#N)cc2)c1. The van der Waals surface area contributed by atoms with Gasteiger partial charge in [0.05, 0.1) is 12.7 Å². The Morgan fingerprint density at radius 1 is 1.12 bits per heavy atom. The van der Waals surface area contributed by atoms with Crippen molar-refractivity contribution in [3.8, 4) is 17.6 Å². The molecule has 0 radical (unpaired) electrons. The van der Waals surface area contributed by atoms with Crippen molar-refractivity contribution < 1.29 is 23.8 Å². The minimum absolute atomic E-state index is 0.185. The first kappa shape index (κ1) is 17.8. The molecular weight excluding hydrogens is 324 g/mol. The molecule has 0 bridgehead atoms. The number of hydrogen-bond donors (Lipinski definition) is 1. The zero-order valence-corrected chi connectivity index (χ0v) is 13.5. The van der Waals surface area contributed by atoms with Crippen molar-refractivity contribution in [2.75, 3.05) is 25.6 Å². The third-order valence-electron chi connectivity index (χ3n) is 3.08. The van der Waals surface area contributed by atoms with Crippen LogP contribution in [0.4, 0.5) is 5.69 Å². The summed E-state index contributed by atoms with van der Waals surface area (Å²) in [6.07, 6.45) is 0. The second-order valence-corrected chi connectivity index (χ2v) is 4.83. The van der Waals surface area contributed by atoms with E-state index in [0.717, 1.165) is 0 Å². The highest BCUT2D eigenvalue weighted by Gasteiger charge is 2.08. The number of carbonyl (C=O) groups excluding carboxylic acids is 2. The summed E-state index contributed by atoms with van der Waals surface area (Å²) in [5, 5.41) is 11.1. The number of hydrogen-bond acceptors (Lipinski definition) is 6. The minimum atomic E-state index is -0.594. The number of nitrogens with one attached hydrogen (secondary N) is 1. The normalized spacial score (nSPS) is 9.60. The number of esters is 1. The number of ether oxygens (including phenoxy) is 3. The highest BCUT2D eigenvalue weighted by molar-refractivity contribution is 5.92. The Kier molecular flexibility index (Phi) is 6.37. The number of carbonyl (C=O) groups is 2. The van der Waals surface area contributed by atoms with E-state index in [2.05, 4.69) is 10.1 Å². The molecule has 1 N–H and O–H groups in total. The van der Waals surface area contributed by atoms with Gasteiger partial charge in [0.2, 0.25) is 0 Å². The van der Waals surface area contributed by atoms with Crippen LogP contribution in [-0.2, 0) is 9.53 Å². The Morgan fingerprint density at radius 3 is 2.56 bits per heavy atom. The van der Waals surface area contributed by atoms with Crippen molar-refractivity contribution in [1.29, 1.82) is 5.26 Å². The zero-order valence-electron chi connectivity index (χ0n) is 13.5. The van der Waals surface area contributed by atoms with E-state index in [0.29, 0.717) is 22.7 Å². The molecule has 1 amide bonds. The van der Waals surface area contributed by atoms with Crippen LogP contribution in [0.1, 0.15) is 10.4 Å². The van der Waals surface area contributed by atoms with Gasteiger partial charge in [-0.15, -0.1) is 0 Å². The molecule has 0 aromatic heterocycles. The molecule has 0 aliphatic rings. The van der Waals surface area contributed by atoms with Crippen LogP contribution in [0.15, 0.2) is 48.5 Å². The average Bonchev–Trinajstić information content (AvgIpc) is 2.65. The molecule has 2 rings (SSSR count). The Morgan fingerprint density at radius 2 is 1.88 bits per heavy atom. The van der Waals surface area contributed by atoms with E-state index in [1.165, 1.54) is 12.1 Å². The maximum atomic E-state index is 11.9. The lowest BCUT2D eigenvalue weighted by Gasteiger charge is -2.09. The number of nitrogens with zero attached hydrogens (tertiary/aromatic N) is 1. The van der Waals surface area contributed by atoms with E-state index in [-0.39, 0.29) is 19.1 Å². The minimum Gasteiger partial charge on any atom is -0.497 e. The van der Waals surface area contributed by atoms with E-state index in [1.807, 2.05) is 0 Å². The first-order chi connectivity index (χ1) is 12.1. The molecule has 0 aliphatic carbocycles. The summed E-state index contributed by atoms with van der Waals surface area (Å²) in [5.74, 6) is 0.143. The Bertz CT molecular complexity index is 781. The second-order valence-electron chi connectivity index (χ2n) is 4.83. The lowest BCUT2D eigenvalue weighted by atomic mass is 10.2. The van der Waals surface area contributed by atoms with Gasteiger partial charge in [-0.05, 0) is 36.4 Å². The third-order valence-corrected chi connectivity index (χ3v) is 3.08. The lowest BCUT2D eigenvalue weighted by molar-refractivity contribution is -0.118. The van der Waals surface area contributed by atoms with E-state index in [4.69, 9.17) is 14.7 Å². The van der Waals surface area contributed by atoms with E-state index < -0.39 is 5.97 Å². The van der Waals surface area contributed by atoms with Gasteiger partial charge in [-0.2, -0.15) is 5.26 Å². The second kappa shape index (κ2) is 8.93. The number of rotatable bonds is 7. The summed E-state index contributed by atoms with van der Waals surface area (Å²) in [6.45, 7) is -0.489. The van der Waals surface area contributed by atoms with Gasteiger partial charge in [0.15, 0.2) is 13.2 Å². The predicted molar refractivity (Wildman–Crippen MR) is 89.5 cm³/mol. The molecule has 128 valence electrons. The van der Waals surface area contributed by atoms with E-state index in [1.54, 1.807) is 49.6 Å². The van der Waals surface area contributed by atoms with Crippen LogP contribution in [-0.4, -0.2) is 32.2 Å². The van der Waals surface area contributed by atoms with Gasteiger partial charge in [0.25, 0.3) is 5.91 Å². The largest absolute Gasteiger partial charge is 0.497 e. The fraction of sp³-hybridized carbons (Fsp3) is 0.167. The van der Waals surface area contributed by atoms with Gasteiger partial charge in [0.1, 0.15) is 17.6 Å². The van der Waals surface area contributed by atoms with Crippen molar-refractivity contribution in [2.24, 2.45) is 0 Å². The Balaban J connectivity index is 1.85. The van der Waals surface area contributed by atoms with Gasteiger partial charge in [-0.1, -0.05) is 6.07 Å². The molecule has 2 aromatic carbocycles. The zero-order chi connectivity index (χ0) is 18.1. The molecule has 0 spiro atoms. The van der Waals surface area contributed by atoms with Crippen LogP contribution in [0.3, 0.4) is 0 Å². The highest BCUT2D eigenvalue weighted by Crippen LogP contribution is 2.17. The predicted octanol–water partition coefficient (Wildman–Crippen LogP) is 2.39. The van der Waals surface area contributed by atoms with Crippen LogP contribution in [0.25, 0.3) is 0 Å². The summed E-state index contributed by atoms with van der Waals surface area (Å²) < 4.78 is 15.1. The molecule has 0 heterocycles. The Hall–Kier alpha value is -3.53. The molecule has 0 atom stereocenters. The monoisotopic (exact) mass is 340 g/mol. The number of benzene rings is 2. The third kappa shape index (κ3) is 5.55. The molecule has 25 heavy (non-hydrogen) atoms. The van der Waals surface area contributed by atoms with Crippen molar-refractivity contribution in [2.45, 2.75) is 0 Å². The van der Waals surface area contributed by atoms with Crippen LogP contribution in [0, 0.1) is 11.3 Å². The highest BCUT2D eigenvalue weighted by atomic mass is 16.5. The standard InChI is InChI=1S/C18H16N2O5/c1-23-16-4-2-3-14(11-16)20-17(21)12-25-15-7-5-13(6-8-15)18(22)24-10-9-19/h2-8,11H,10,12H2,1H3,(H,20,21).